The lowest BCUT2D eigenvalue weighted by atomic mass is 9.77. The van der Waals surface area contributed by atoms with Crippen molar-refractivity contribution in [1.29, 1.82) is 0 Å². The van der Waals surface area contributed by atoms with Gasteiger partial charge in [-0.15, -0.1) is 16.9 Å². The summed E-state index contributed by atoms with van der Waals surface area (Å²) in [6, 6.07) is 4.92. The van der Waals surface area contributed by atoms with Crippen LogP contribution < -0.4 is 4.65 Å². The fourth-order valence-electron chi connectivity index (χ4n) is 2.07. The first-order chi connectivity index (χ1) is 9.65. The Labute approximate surface area is 118 Å². The summed E-state index contributed by atoms with van der Waals surface area (Å²) >= 11 is 1.33. The van der Waals surface area contributed by atoms with Gasteiger partial charge in [0.2, 0.25) is 0 Å². The lowest BCUT2D eigenvalue weighted by molar-refractivity contribution is 0.0694. The van der Waals surface area contributed by atoms with Gasteiger partial charge in [0.25, 0.3) is 0 Å². The number of hydrogen-bond acceptors (Lipinski definition) is 6. The number of thioether (sulfide) groups is 1. The van der Waals surface area contributed by atoms with Crippen molar-refractivity contribution in [3.05, 3.63) is 35.5 Å². The van der Waals surface area contributed by atoms with Crippen LogP contribution in [-0.4, -0.2) is 43.8 Å². The molecule has 0 spiro atoms. The predicted molar refractivity (Wildman–Crippen MR) is 71.7 cm³/mol. The van der Waals surface area contributed by atoms with E-state index >= 15 is 0 Å². The standard InChI is InChI=1S/C11H10BN3O4S/c16-11(17)7-3-1-2-6-4-8(12(18)19-10(6)7)20-9-5-13-15-14-9/h1-3,5,8,18H,4H2,(H,16,17)(H,13,14,15). The third-order valence-corrected chi connectivity index (χ3v) is 4.11. The molecule has 7 nitrogen and oxygen atoms in total. The van der Waals surface area contributed by atoms with Gasteiger partial charge in [-0.25, -0.2) is 4.79 Å². The molecule has 9 heteroatoms. The summed E-state index contributed by atoms with van der Waals surface area (Å²) in [5.41, 5.74) is 0.822. The summed E-state index contributed by atoms with van der Waals surface area (Å²) in [5.74, 6) is -0.832. The number of carboxylic acid groups (broad SMARTS) is 1. The summed E-state index contributed by atoms with van der Waals surface area (Å²) in [6.45, 7) is 0. The molecule has 1 aliphatic rings. The Morgan fingerprint density at radius 1 is 1.55 bits per heavy atom. The summed E-state index contributed by atoms with van der Waals surface area (Å²) in [4.78, 5) is 11.1. The third-order valence-electron chi connectivity index (χ3n) is 2.97. The first-order valence-corrected chi connectivity index (χ1v) is 6.75. The van der Waals surface area contributed by atoms with E-state index in [4.69, 9.17) is 9.76 Å². The lowest BCUT2D eigenvalue weighted by Crippen LogP contribution is -2.40. The molecule has 0 fully saturated rings. The summed E-state index contributed by atoms with van der Waals surface area (Å²) in [6.07, 6.45) is 2.05. The van der Waals surface area contributed by atoms with E-state index < -0.39 is 13.1 Å². The molecule has 0 amide bonds. The molecule has 3 N–H and O–H groups in total. The van der Waals surface area contributed by atoms with Crippen molar-refractivity contribution in [1.82, 2.24) is 15.4 Å². The molecule has 1 aromatic heterocycles. The van der Waals surface area contributed by atoms with Gasteiger partial charge in [0.05, 0.1) is 16.9 Å². The third kappa shape index (κ3) is 2.37. The maximum absolute atomic E-state index is 11.1. The zero-order chi connectivity index (χ0) is 14.1. The number of para-hydroxylation sites is 1. The number of rotatable bonds is 3. The molecule has 1 aliphatic heterocycles. The number of carboxylic acids is 1. The number of nitrogens with one attached hydrogen (secondary N) is 1. The molecule has 20 heavy (non-hydrogen) atoms. The average Bonchev–Trinajstić information content (AvgIpc) is 2.91. The van der Waals surface area contributed by atoms with Crippen molar-refractivity contribution in [2.75, 3.05) is 0 Å². The Balaban J connectivity index is 1.87. The Morgan fingerprint density at radius 3 is 3.10 bits per heavy atom. The number of aromatic carboxylic acids is 1. The van der Waals surface area contributed by atoms with Gasteiger partial charge in [-0.05, 0) is 18.1 Å². The van der Waals surface area contributed by atoms with Crippen LogP contribution in [0.25, 0.3) is 0 Å². The molecule has 0 bridgehead atoms. The smallest absolute Gasteiger partial charge is 0.535 e. The van der Waals surface area contributed by atoms with Crippen LogP contribution in [0.4, 0.5) is 0 Å². The van der Waals surface area contributed by atoms with E-state index in [0.717, 1.165) is 5.56 Å². The van der Waals surface area contributed by atoms with Crippen molar-refractivity contribution in [3.8, 4) is 5.75 Å². The summed E-state index contributed by atoms with van der Waals surface area (Å²) in [7, 11) is -1.09. The minimum atomic E-state index is -1.09. The molecule has 1 atom stereocenters. The molecule has 2 aromatic rings. The zero-order valence-electron chi connectivity index (χ0n) is 10.2. The largest absolute Gasteiger partial charge is 0.537 e. The molecule has 1 unspecified atom stereocenters. The van der Waals surface area contributed by atoms with E-state index in [0.29, 0.717) is 11.4 Å². The summed E-state index contributed by atoms with van der Waals surface area (Å²) in [5, 5.41) is 29.6. The molecule has 0 aliphatic carbocycles. The van der Waals surface area contributed by atoms with Crippen LogP contribution in [0.15, 0.2) is 29.4 Å². The fraction of sp³-hybridized carbons (Fsp3) is 0.182. The van der Waals surface area contributed by atoms with Gasteiger partial charge in [0.15, 0.2) is 0 Å². The quantitative estimate of drug-likeness (QED) is 0.711. The number of hydrogen-bond donors (Lipinski definition) is 3. The highest BCUT2D eigenvalue weighted by Gasteiger charge is 2.37. The highest BCUT2D eigenvalue weighted by Crippen LogP contribution is 2.35. The Hall–Kier alpha value is -2.00. The van der Waals surface area contributed by atoms with Crippen LogP contribution in [0.3, 0.4) is 0 Å². The molecule has 102 valence electrons. The Bertz CT molecular complexity index is 637. The maximum Gasteiger partial charge on any atom is 0.537 e. The normalized spacial score (nSPS) is 17.4. The van der Waals surface area contributed by atoms with Crippen molar-refractivity contribution in [2.24, 2.45) is 0 Å². The molecule has 2 heterocycles. The first kappa shape index (κ1) is 13.0. The average molecular weight is 291 g/mol. The van der Waals surface area contributed by atoms with Crippen LogP contribution >= 0.6 is 11.8 Å². The molecular weight excluding hydrogens is 281 g/mol. The van der Waals surface area contributed by atoms with E-state index in [1.54, 1.807) is 18.3 Å². The summed E-state index contributed by atoms with van der Waals surface area (Å²) < 4.78 is 5.38. The fourth-order valence-corrected chi connectivity index (χ4v) is 3.02. The number of H-pyrrole nitrogens is 1. The van der Waals surface area contributed by atoms with Gasteiger partial charge in [0.1, 0.15) is 10.8 Å². The van der Waals surface area contributed by atoms with Crippen LogP contribution in [0, 0.1) is 0 Å². The number of aromatic amines is 1. The highest BCUT2D eigenvalue weighted by molar-refractivity contribution is 8.01. The van der Waals surface area contributed by atoms with E-state index in [1.165, 1.54) is 17.8 Å². The van der Waals surface area contributed by atoms with Crippen molar-refractivity contribution in [2.45, 2.75) is 16.6 Å². The van der Waals surface area contributed by atoms with Crippen LogP contribution in [0.1, 0.15) is 15.9 Å². The predicted octanol–water partition coefficient (Wildman–Crippen LogP) is 0.618. The molecule has 0 radical (unpaired) electrons. The van der Waals surface area contributed by atoms with Crippen molar-refractivity contribution < 1.29 is 19.6 Å². The number of benzene rings is 1. The number of fused-ring (bicyclic) bond motifs is 1. The minimum absolute atomic E-state index is 0.0615. The number of carbonyl (C=O) groups is 1. The van der Waals surface area contributed by atoms with Crippen LogP contribution in [0.2, 0.25) is 0 Å². The SMILES string of the molecule is O=C(O)c1cccc2c1OB(O)C(Sc1cn[nH]n1)C2. The Kier molecular flexibility index (Phi) is 3.37. The second-order valence-electron chi connectivity index (χ2n) is 4.28. The van der Waals surface area contributed by atoms with Crippen molar-refractivity contribution >= 4 is 24.8 Å². The second kappa shape index (κ2) is 5.18. The molecule has 0 saturated heterocycles. The van der Waals surface area contributed by atoms with Gasteiger partial charge in [-0.2, -0.15) is 10.3 Å². The molecular formula is C11H10BN3O4S. The van der Waals surface area contributed by atoms with Crippen LogP contribution in [0.5, 0.6) is 5.75 Å². The van der Waals surface area contributed by atoms with Gasteiger partial charge < -0.3 is 14.8 Å². The molecule has 0 saturated carbocycles. The maximum atomic E-state index is 11.1. The van der Waals surface area contributed by atoms with E-state index in [9.17, 15) is 9.82 Å². The monoisotopic (exact) mass is 291 g/mol. The van der Waals surface area contributed by atoms with Crippen LogP contribution in [-0.2, 0) is 6.42 Å². The second-order valence-corrected chi connectivity index (χ2v) is 5.54. The lowest BCUT2D eigenvalue weighted by Gasteiger charge is -2.27. The van der Waals surface area contributed by atoms with E-state index in [1.807, 2.05) is 0 Å². The van der Waals surface area contributed by atoms with Gasteiger partial charge in [-0.3, -0.25) is 0 Å². The first-order valence-electron chi connectivity index (χ1n) is 5.87. The van der Waals surface area contributed by atoms with Gasteiger partial charge in [-0.1, -0.05) is 12.1 Å². The number of nitrogens with zero attached hydrogens (tertiary/aromatic N) is 2. The van der Waals surface area contributed by atoms with Gasteiger partial charge >= 0.3 is 13.1 Å². The minimum Gasteiger partial charge on any atom is -0.535 e. The molecule has 1 aromatic carbocycles. The van der Waals surface area contributed by atoms with Gasteiger partial charge in [0, 0.05) is 0 Å². The van der Waals surface area contributed by atoms with E-state index in [-0.39, 0.29) is 16.5 Å². The van der Waals surface area contributed by atoms with E-state index in [2.05, 4.69) is 15.4 Å². The topological polar surface area (TPSA) is 108 Å². The van der Waals surface area contributed by atoms with Crippen molar-refractivity contribution in [3.63, 3.8) is 0 Å². The highest BCUT2D eigenvalue weighted by atomic mass is 32.2. The number of aromatic nitrogens is 3. The molecule has 3 rings (SSSR count). The Morgan fingerprint density at radius 2 is 2.40 bits per heavy atom. The zero-order valence-corrected chi connectivity index (χ0v) is 11.0.